The first-order valence-corrected chi connectivity index (χ1v) is 6.34. The third-order valence-corrected chi connectivity index (χ3v) is 3.42. The first kappa shape index (κ1) is 13.1. The predicted molar refractivity (Wildman–Crippen MR) is 70.3 cm³/mol. The summed E-state index contributed by atoms with van der Waals surface area (Å²) in [5.41, 5.74) is 7.92. The number of hydrogen-bond donors (Lipinski definition) is 1. The van der Waals surface area contributed by atoms with E-state index in [2.05, 4.69) is 0 Å². The molecule has 0 bridgehead atoms. The Morgan fingerprint density at radius 3 is 3.00 bits per heavy atom. The van der Waals surface area contributed by atoms with Gasteiger partial charge in [0.05, 0.1) is 25.7 Å². The fourth-order valence-corrected chi connectivity index (χ4v) is 2.25. The summed E-state index contributed by atoms with van der Waals surface area (Å²) in [6, 6.07) is 8.01. The van der Waals surface area contributed by atoms with E-state index in [9.17, 15) is 4.79 Å². The van der Waals surface area contributed by atoms with E-state index < -0.39 is 0 Å². The van der Waals surface area contributed by atoms with Crippen molar-refractivity contribution in [2.24, 2.45) is 5.73 Å². The van der Waals surface area contributed by atoms with E-state index in [0.717, 1.165) is 11.1 Å². The molecule has 1 aromatic rings. The van der Waals surface area contributed by atoms with Crippen molar-refractivity contribution in [2.75, 3.05) is 26.3 Å². The van der Waals surface area contributed by atoms with Gasteiger partial charge >= 0.3 is 0 Å². The van der Waals surface area contributed by atoms with Crippen molar-refractivity contribution < 1.29 is 9.53 Å². The molecule has 1 amide bonds. The highest BCUT2D eigenvalue weighted by Crippen LogP contribution is 2.12. The van der Waals surface area contributed by atoms with E-state index >= 15 is 0 Å². The number of ether oxygens (including phenoxy) is 1. The summed E-state index contributed by atoms with van der Waals surface area (Å²) in [6.07, 6.45) is 0.448. The summed E-state index contributed by atoms with van der Waals surface area (Å²) in [6.45, 7) is 4.29. The van der Waals surface area contributed by atoms with Gasteiger partial charge in [0.25, 0.3) is 0 Å². The Bertz CT molecular complexity index is 420. The third-order valence-electron chi connectivity index (χ3n) is 3.42. The van der Waals surface area contributed by atoms with Gasteiger partial charge in [-0.15, -0.1) is 0 Å². The predicted octanol–water partition coefficient (Wildman–Crippen LogP) is 0.724. The Kier molecular flexibility index (Phi) is 4.33. The topological polar surface area (TPSA) is 55.6 Å². The van der Waals surface area contributed by atoms with Crippen molar-refractivity contribution in [3.05, 3.63) is 35.4 Å². The van der Waals surface area contributed by atoms with Crippen LogP contribution in [-0.4, -0.2) is 43.2 Å². The van der Waals surface area contributed by atoms with E-state index in [1.165, 1.54) is 0 Å². The van der Waals surface area contributed by atoms with E-state index in [-0.39, 0.29) is 11.9 Å². The lowest BCUT2D eigenvalue weighted by Crippen LogP contribution is -2.52. The highest BCUT2D eigenvalue weighted by Gasteiger charge is 2.26. The SMILES string of the molecule is Cc1ccccc1CC(=O)N1CCOCC1CN. The van der Waals surface area contributed by atoms with Crippen LogP contribution >= 0.6 is 0 Å². The van der Waals surface area contributed by atoms with Crippen LogP contribution in [0.2, 0.25) is 0 Å². The summed E-state index contributed by atoms with van der Waals surface area (Å²) in [4.78, 5) is 14.2. The van der Waals surface area contributed by atoms with Crippen LogP contribution in [0, 0.1) is 6.92 Å². The van der Waals surface area contributed by atoms with Gasteiger partial charge in [0.1, 0.15) is 0 Å². The van der Waals surface area contributed by atoms with Crippen LogP contribution in [0.25, 0.3) is 0 Å². The first-order valence-electron chi connectivity index (χ1n) is 6.34. The number of benzene rings is 1. The van der Waals surface area contributed by atoms with Crippen LogP contribution in [0.5, 0.6) is 0 Å². The smallest absolute Gasteiger partial charge is 0.227 e. The molecule has 0 saturated carbocycles. The number of nitrogens with zero attached hydrogens (tertiary/aromatic N) is 1. The standard InChI is InChI=1S/C14H20N2O2/c1-11-4-2-3-5-12(11)8-14(17)16-6-7-18-10-13(16)9-15/h2-5,13H,6-10,15H2,1H3. The lowest BCUT2D eigenvalue weighted by atomic mass is 10.0. The molecule has 2 rings (SSSR count). The molecule has 1 aliphatic heterocycles. The molecule has 1 fully saturated rings. The van der Waals surface area contributed by atoms with Crippen LogP contribution in [0.4, 0.5) is 0 Å². The van der Waals surface area contributed by atoms with Crippen LogP contribution in [0.3, 0.4) is 0 Å². The molecule has 18 heavy (non-hydrogen) atoms. The van der Waals surface area contributed by atoms with Gasteiger partial charge < -0.3 is 15.4 Å². The zero-order valence-corrected chi connectivity index (χ0v) is 10.8. The molecule has 0 aromatic heterocycles. The second-order valence-corrected chi connectivity index (χ2v) is 4.65. The van der Waals surface area contributed by atoms with Crippen LogP contribution in [-0.2, 0) is 16.0 Å². The van der Waals surface area contributed by atoms with Gasteiger partial charge in [0.2, 0.25) is 5.91 Å². The number of amides is 1. The summed E-state index contributed by atoms with van der Waals surface area (Å²) < 4.78 is 5.35. The molecule has 98 valence electrons. The summed E-state index contributed by atoms with van der Waals surface area (Å²) in [7, 11) is 0. The Balaban J connectivity index is 2.05. The summed E-state index contributed by atoms with van der Waals surface area (Å²) >= 11 is 0. The van der Waals surface area contributed by atoms with E-state index in [0.29, 0.717) is 32.7 Å². The highest BCUT2D eigenvalue weighted by atomic mass is 16.5. The quantitative estimate of drug-likeness (QED) is 0.857. The van der Waals surface area contributed by atoms with E-state index in [1.807, 2.05) is 36.1 Å². The highest BCUT2D eigenvalue weighted by molar-refractivity contribution is 5.79. The first-order chi connectivity index (χ1) is 8.72. The van der Waals surface area contributed by atoms with Crippen molar-refractivity contribution in [2.45, 2.75) is 19.4 Å². The van der Waals surface area contributed by atoms with Gasteiger partial charge in [0.15, 0.2) is 0 Å². The molecule has 2 N–H and O–H groups in total. The largest absolute Gasteiger partial charge is 0.377 e. The van der Waals surface area contributed by atoms with Gasteiger partial charge in [-0.1, -0.05) is 24.3 Å². The number of carbonyl (C=O) groups excluding carboxylic acids is 1. The van der Waals surface area contributed by atoms with Gasteiger partial charge in [-0.3, -0.25) is 4.79 Å². The number of carbonyl (C=O) groups is 1. The van der Waals surface area contributed by atoms with Crippen molar-refractivity contribution in [1.29, 1.82) is 0 Å². The minimum absolute atomic E-state index is 0.0234. The van der Waals surface area contributed by atoms with Crippen molar-refractivity contribution in [1.82, 2.24) is 4.90 Å². The third kappa shape index (κ3) is 2.89. The number of nitrogens with two attached hydrogens (primary N) is 1. The van der Waals surface area contributed by atoms with Crippen LogP contribution in [0.15, 0.2) is 24.3 Å². The minimum Gasteiger partial charge on any atom is -0.377 e. The van der Waals surface area contributed by atoms with Crippen molar-refractivity contribution in [3.63, 3.8) is 0 Å². The second kappa shape index (κ2) is 5.98. The monoisotopic (exact) mass is 248 g/mol. The summed E-state index contributed by atoms with van der Waals surface area (Å²) in [5.74, 6) is 0.142. The van der Waals surface area contributed by atoms with Gasteiger partial charge in [0, 0.05) is 13.1 Å². The molecule has 1 heterocycles. The molecular weight excluding hydrogens is 228 g/mol. The molecule has 1 atom stereocenters. The fourth-order valence-electron chi connectivity index (χ4n) is 2.25. The Morgan fingerprint density at radius 2 is 2.28 bits per heavy atom. The molecule has 4 heteroatoms. The molecule has 1 aromatic carbocycles. The Morgan fingerprint density at radius 1 is 1.50 bits per heavy atom. The average Bonchev–Trinajstić information content (AvgIpc) is 2.41. The minimum atomic E-state index is 0.0234. The molecule has 1 unspecified atom stereocenters. The second-order valence-electron chi connectivity index (χ2n) is 4.65. The maximum atomic E-state index is 12.3. The number of aryl methyl sites for hydroxylation is 1. The molecular formula is C14H20N2O2. The summed E-state index contributed by atoms with van der Waals surface area (Å²) in [5, 5.41) is 0. The average molecular weight is 248 g/mol. The molecule has 4 nitrogen and oxygen atoms in total. The zero-order valence-electron chi connectivity index (χ0n) is 10.8. The van der Waals surface area contributed by atoms with E-state index in [1.54, 1.807) is 0 Å². The fraction of sp³-hybridized carbons (Fsp3) is 0.500. The van der Waals surface area contributed by atoms with Crippen LogP contribution < -0.4 is 5.73 Å². The van der Waals surface area contributed by atoms with Gasteiger partial charge in [-0.25, -0.2) is 0 Å². The lowest BCUT2D eigenvalue weighted by molar-refractivity contribution is -0.138. The maximum absolute atomic E-state index is 12.3. The van der Waals surface area contributed by atoms with Gasteiger partial charge in [-0.2, -0.15) is 0 Å². The number of rotatable bonds is 3. The molecule has 1 aliphatic rings. The van der Waals surface area contributed by atoms with Crippen molar-refractivity contribution in [3.8, 4) is 0 Å². The van der Waals surface area contributed by atoms with Crippen LogP contribution in [0.1, 0.15) is 11.1 Å². The number of morpholine rings is 1. The maximum Gasteiger partial charge on any atom is 0.227 e. The molecule has 0 spiro atoms. The molecule has 0 radical (unpaired) electrons. The Hall–Kier alpha value is -1.39. The Labute approximate surface area is 108 Å². The molecule has 0 aliphatic carbocycles. The van der Waals surface area contributed by atoms with Crippen molar-refractivity contribution >= 4 is 5.91 Å². The number of hydrogen-bond acceptors (Lipinski definition) is 3. The normalized spacial score (nSPS) is 19.9. The molecule has 1 saturated heterocycles. The van der Waals surface area contributed by atoms with E-state index in [4.69, 9.17) is 10.5 Å². The van der Waals surface area contributed by atoms with Gasteiger partial charge in [-0.05, 0) is 18.1 Å². The lowest BCUT2D eigenvalue weighted by Gasteiger charge is -2.35. The zero-order chi connectivity index (χ0) is 13.0.